The molecule has 1 unspecified atom stereocenters. The zero-order valence-corrected chi connectivity index (χ0v) is 11.0. The maximum atomic E-state index is 5.75. The van der Waals surface area contributed by atoms with Gasteiger partial charge < -0.3 is 10.1 Å². The van der Waals surface area contributed by atoms with Gasteiger partial charge in [-0.3, -0.25) is 0 Å². The molecule has 1 atom stereocenters. The Hall–Kier alpha value is -1.02. The van der Waals surface area contributed by atoms with Crippen LogP contribution in [0.1, 0.15) is 43.2 Å². The second-order valence-corrected chi connectivity index (χ2v) is 4.97. The molecule has 1 fully saturated rings. The highest BCUT2D eigenvalue weighted by Crippen LogP contribution is 2.27. The minimum Gasteiger partial charge on any atom is -0.494 e. The normalized spacial score (nSPS) is 20.2. The summed E-state index contributed by atoms with van der Waals surface area (Å²) in [6, 6.07) is 6.66. The third-order valence-corrected chi connectivity index (χ3v) is 3.31. The van der Waals surface area contributed by atoms with Crippen LogP contribution in [0, 0.1) is 6.92 Å². The molecule has 1 saturated heterocycles. The fraction of sp³-hybridized carbons (Fsp3) is 0.600. The van der Waals surface area contributed by atoms with E-state index in [0.717, 1.165) is 25.3 Å². The maximum Gasteiger partial charge on any atom is 0.119 e. The van der Waals surface area contributed by atoms with Gasteiger partial charge in [-0.15, -0.1) is 0 Å². The van der Waals surface area contributed by atoms with Gasteiger partial charge in [0, 0.05) is 6.54 Å². The Kier molecular flexibility index (Phi) is 4.43. The molecule has 0 spiro atoms. The van der Waals surface area contributed by atoms with Crippen molar-refractivity contribution < 1.29 is 4.74 Å². The molecule has 0 saturated carbocycles. The Labute approximate surface area is 104 Å². The van der Waals surface area contributed by atoms with Crippen LogP contribution in [-0.2, 0) is 0 Å². The van der Waals surface area contributed by atoms with Gasteiger partial charge in [0.1, 0.15) is 5.75 Å². The smallest absolute Gasteiger partial charge is 0.119 e. The third kappa shape index (κ3) is 3.47. The zero-order valence-electron chi connectivity index (χ0n) is 11.0. The summed E-state index contributed by atoms with van der Waals surface area (Å²) >= 11 is 0. The summed E-state index contributed by atoms with van der Waals surface area (Å²) in [7, 11) is 0. The summed E-state index contributed by atoms with van der Waals surface area (Å²) in [6.45, 7) is 7.38. The second-order valence-electron chi connectivity index (χ2n) is 4.97. The molecule has 1 aromatic carbocycles. The monoisotopic (exact) mass is 233 g/mol. The number of piperidine rings is 1. The standard InChI is InChI=1S/C15H23NO/c1-3-7-17-15-9-12(2)8-14(10-15)13-5-4-6-16-11-13/h8-10,13,16H,3-7,11H2,1-2H3. The first-order valence-electron chi connectivity index (χ1n) is 6.74. The van der Waals surface area contributed by atoms with Crippen molar-refractivity contribution in [3.63, 3.8) is 0 Å². The van der Waals surface area contributed by atoms with E-state index in [1.165, 1.54) is 30.5 Å². The topological polar surface area (TPSA) is 21.3 Å². The predicted molar refractivity (Wildman–Crippen MR) is 71.8 cm³/mol. The second kappa shape index (κ2) is 6.06. The van der Waals surface area contributed by atoms with E-state index in [0.29, 0.717) is 5.92 Å². The van der Waals surface area contributed by atoms with E-state index in [4.69, 9.17) is 4.74 Å². The fourth-order valence-corrected chi connectivity index (χ4v) is 2.45. The first-order chi connectivity index (χ1) is 8.29. The summed E-state index contributed by atoms with van der Waals surface area (Å²) in [5.74, 6) is 1.69. The van der Waals surface area contributed by atoms with Crippen molar-refractivity contribution in [1.29, 1.82) is 0 Å². The molecule has 0 aliphatic carbocycles. The third-order valence-electron chi connectivity index (χ3n) is 3.31. The Balaban J connectivity index is 2.12. The Morgan fingerprint density at radius 2 is 2.24 bits per heavy atom. The lowest BCUT2D eigenvalue weighted by molar-refractivity contribution is 0.316. The van der Waals surface area contributed by atoms with E-state index in [2.05, 4.69) is 37.4 Å². The molecule has 0 bridgehead atoms. The molecule has 2 nitrogen and oxygen atoms in total. The summed E-state index contributed by atoms with van der Waals surface area (Å²) in [5, 5.41) is 3.47. The van der Waals surface area contributed by atoms with E-state index in [1.54, 1.807) is 0 Å². The van der Waals surface area contributed by atoms with E-state index < -0.39 is 0 Å². The lowest BCUT2D eigenvalue weighted by Gasteiger charge is -2.24. The SMILES string of the molecule is CCCOc1cc(C)cc(C2CCCNC2)c1. The van der Waals surface area contributed by atoms with E-state index in [1.807, 2.05) is 0 Å². The predicted octanol–water partition coefficient (Wildman–Crippen LogP) is 3.25. The van der Waals surface area contributed by atoms with Crippen LogP contribution in [0.5, 0.6) is 5.75 Å². The average molecular weight is 233 g/mol. The molecule has 17 heavy (non-hydrogen) atoms. The van der Waals surface area contributed by atoms with Gasteiger partial charge in [-0.25, -0.2) is 0 Å². The number of hydrogen-bond acceptors (Lipinski definition) is 2. The van der Waals surface area contributed by atoms with Gasteiger partial charge in [0.25, 0.3) is 0 Å². The van der Waals surface area contributed by atoms with Crippen molar-refractivity contribution in [1.82, 2.24) is 5.32 Å². The summed E-state index contributed by atoms with van der Waals surface area (Å²) < 4.78 is 5.75. The van der Waals surface area contributed by atoms with E-state index >= 15 is 0 Å². The van der Waals surface area contributed by atoms with Gasteiger partial charge in [0.2, 0.25) is 0 Å². The van der Waals surface area contributed by atoms with Gasteiger partial charge in [-0.05, 0) is 61.9 Å². The van der Waals surface area contributed by atoms with Crippen molar-refractivity contribution in [3.05, 3.63) is 29.3 Å². The minimum absolute atomic E-state index is 0.660. The van der Waals surface area contributed by atoms with Gasteiger partial charge >= 0.3 is 0 Å². The minimum atomic E-state index is 0.660. The number of aryl methyl sites for hydroxylation is 1. The molecule has 0 radical (unpaired) electrons. The Morgan fingerprint density at radius 3 is 2.94 bits per heavy atom. The average Bonchev–Trinajstić information content (AvgIpc) is 2.37. The Bertz CT molecular complexity index is 356. The molecule has 1 aliphatic heterocycles. The maximum absolute atomic E-state index is 5.75. The number of ether oxygens (including phenoxy) is 1. The number of nitrogens with one attached hydrogen (secondary N) is 1. The van der Waals surface area contributed by atoms with Crippen LogP contribution in [0.4, 0.5) is 0 Å². The molecule has 0 aromatic heterocycles. The van der Waals surface area contributed by atoms with Crippen LogP contribution in [0.2, 0.25) is 0 Å². The summed E-state index contributed by atoms with van der Waals surface area (Å²) in [4.78, 5) is 0. The van der Waals surface area contributed by atoms with Crippen molar-refractivity contribution in [2.75, 3.05) is 19.7 Å². The quantitative estimate of drug-likeness (QED) is 0.862. The van der Waals surface area contributed by atoms with Crippen LogP contribution in [0.3, 0.4) is 0 Å². The first-order valence-corrected chi connectivity index (χ1v) is 6.74. The highest BCUT2D eigenvalue weighted by Gasteiger charge is 2.16. The number of rotatable bonds is 4. The van der Waals surface area contributed by atoms with Crippen LogP contribution in [0.15, 0.2) is 18.2 Å². The lowest BCUT2D eigenvalue weighted by Crippen LogP contribution is -2.28. The molecule has 1 heterocycles. The van der Waals surface area contributed by atoms with Gasteiger partial charge in [-0.1, -0.05) is 13.0 Å². The lowest BCUT2D eigenvalue weighted by atomic mass is 9.90. The van der Waals surface area contributed by atoms with Crippen LogP contribution in [-0.4, -0.2) is 19.7 Å². The molecule has 1 aliphatic rings. The largest absolute Gasteiger partial charge is 0.494 e. The van der Waals surface area contributed by atoms with E-state index in [9.17, 15) is 0 Å². The van der Waals surface area contributed by atoms with Crippen molar-refractivity contribution >= 4 is 0 Å². The molecule has 2 rings (SSSR count). The molecule has 94 valence electrons. The number of benzene rings is 1. The summed E-state index contributed by atoms with van der Waals surface area (Å²) in [6.07, 6.45) is 3.64. The molecule has 0 amide bonds. The van der Waals surface area contributed by atoms with Crippen molar-refractivity contribution in [2.45, 2.75) is 39.0 Å². The van der Waals surface area contributed by atoms with Gasteiger partial charge in [0.15, 0.2) is 0 Å². The van der Waals surface area contributed by atoms with Crippen LogP contribution >= 0.6 is 0 Å². The summed E-state index contributed by atoms with van der Waals surface area (Å²) in [5.41, 5.74) is 2.74. The van der Waals surface area contributed by atoms with Crippen LogP contribution < -0.4 is 10.1 Å². The van der Waals surface area contributed by atoms with Gasteiger partial charge in [-0.2, -0.15) is 0 Å². The fourth-order valence-electron chi connectivity index (χ4n) is 2.45. The van der Waals surface area contributed by atoms with Crippen molar-refractivity contribution in [2.24, 2.45) is 0 Å². The highest BCUT2D eigenvalue weighted by molar-refractivity contribution is 5.36. The molecule has 2 heteroatoms. The number of hydrogen-bond donors (Lipinski definition) is 1. The van der Waals surface area contributed by atoms with Gasteiger partial charge in [0.05, 0.1) is 6.61 Å². The Morgan fingerprint density at radius 1 is 1.35 bits per heavy atom. The molecule has 1 aromatic rings. The molecular weight excluding hydrogens is 210 g/mol. The molecular formula is C15H23NO. The van der Waals surface area contributed by atoms with Crippen molar-refractivity contribution in [3.8, 4) is 5.75 Å². The first kappa shape index (κ1) is 12.4. The highest BCUT2D eigenvalue weighted by atomic mass is 16.5. The zero-order chi connectivity index (χ0) is 12.1. The van der Waals surface area contributed by atoms with E-state index in [-0.39, 0.29) is 0 Å². The molecule has 1 N–H and O–H groups in total. The van der Waals surface area contributed by atoms with Crippen LogP contribution in [0.25, 0.3) is 0 Å².